The van der Waals surface area contributed by atoms with E-state index in [0.29, 0.717) is 6.42 Å². The molecule has 14 heavy (non-hydrogen) atoms. The summed E-state index contributed by atoms with van der Waals surface area (Å²) in [7, 11) is -3.52. The van der Waals surface area contributed by atoms with Gasteiger partial charge >= 0.3 is 0 Å². The fourth-order valence-electron chi connectivity index (χ4n) is 0.848. The van der Waals surface area contributed by atoms with Crippen molar-refractivity contribution in [3.05, 3.63) is 30.3 Å². The summed E-state index contributed by atoms with van der Waals surface area (Å²) in [5.74, 6) is 0. The predicted molar refractivity (Wildman–Crippen MR) is 55.6 cm³/mol. The largest absolute Gasteiger partial charge is 0.296 e. The third kappa shape index (κ3) is 3.85. The third-order valence-electron chi connectivity index (χ3n) is 1.47. The van der Waals surface area contributed by atoms with Crippen molar-refractivity contribution in [1.29, 1.82) is 0 Å². The van der Waals surface area contributed by atoms with E-state index in [-0.39, 0.29) is 30.4 Å². The van der Waals surface area contributed by atoms with Crippen LogP contribution in [0.5, 0.6) is 0 Å². The fraction of sp³-hybridized carbons (Fsp3) is 0.333. The first-order chi connectivity index (χ1) is 6.17. The van der Waals surface area contributed by atoms with Crippen LogP contribution in [-0.2, 0) is 14.3 Å². The van der Waals surface area contributed by atoms with Gasteiger partial charge in [-0.25, -0.2) is 0 Å². The second-order valence-corrected chi connectivity index (χ2v) is 4.20. The summed E-state index contributed by atoms with van der Waals surface area (Å²) in [5, 5.41) is 0. The van der Waals surface area contributed by atoms with E-state index < -0.39 is 10.1 Å². The van der Waals surface area contributed by atoms with Gasteiger partial charge in [-0.15, -0.1) is 0 Å². The van der Waals surface area contributed by atoms with Gasteiger partial charge in [0.15, 0.2) is 0 Å². The van der Waals surface area contributed by atoms with E-state index in [9.17, 15) is 8.42 Å². The normalized spacial score (nSPS) is 10.6. The fourth-order valence-corrected chi connectivity index (χ4v) is 1.86. The molecule has 0 atom stereocenters. The summed E-state index contributed by atoms with van der Waals surface area (Å²) in [6.07, 6.45) is 0.687. The molecule has 0 unspecified atom stereocenters. The maximum atomic E-state index is 11.4. The number of hydrogen-bond acceptors (Lipinski definition) is 3. The first-order valence-electron chi connectivity index (χ1n) is 4.11. The molecule has 0 heterocycles. The molecule has 3 nitrogen and oxygen atoms in total. The second-order valence-electron chi connectivity index (χ2n) is 2.59. The average Bonchev–Trinajstić information content (AvgIpc) is 2.16. The molecule has 1 aromatic carbocycles. The van der Waals surface area contributed by atoms with Gasteiger partial charge in [-0.05, 0) is 18.6 Å². The Morgan fingerprint density at radius 3 is 2.29 bits per heavy atom. The predicted octanol–water partition coefficient (Wildman–Crippen LogP) is 1.42. The average molecular weight is 207 g/mol. The summed E-state index contributed by atoms with van der Waals surface area (Å²) in [4.78, 5) is 0.212. The van der Waals surface area contributed by atoms with Crippen molar-refractivity contribution in [3.8, 4) is 0 Å². The Balaban J connectivity index is 0.00000169. The van der Waals surface area contributed by atoms with Crippen molar-refractivity contribution in [3.63, 3.8) is 0 Å². The van der Waals surface area contributed by atoms with E-state index in [1.165, 1.54) is 12.1 Å². The molecule has 0 aliphatic carbocycles. The van der Waals surface area contributed by atoms with Crippen LogP contribution in [0.4, 0.5) is 0 Å². The maximum absolute atomic E-state index is 11.4. The molecule has 73 valence electrons. The Hall–Kier alpha value is -0.273. The molecule has 1 rings (SSSR count). The van der Waals surface area contributed by atoms with E-state index in [1.54, 1.807) is 18.2 Å². The second kappa shape index (κ2) is 6.26. The molecule has 0 saturated carbocycles. The Kier molecular flexibility index (Phi) is 6.13. The molecule has 1 radical (unpaired) electrons. The van der Waals surface area contributed by atoms with Crippen LogP contribution >= 0.6 is 0 Å². The first-order valence-corrected chi connectivity index (χ1v) is 5.52. The molecule has 0 N–H and O–H groups in total. The van der Waals surface area contributed by atoms with Gasteiger partial charge < -0.3 is 0 Å². The van der Waals surface area contributed by atoms with Crippen molar-refractivity contribution in [2.24, 2.45) is 0 Å². The van der Waals surface area contributed by atoms with Crippen LogP contribution in [0.15, 0.2) is 35.2 Å². The standard InChI is InChI=1S/C9H12O3S.Li/c1-2-8-12-13(10,11)9-6-4-3-5-7-9;/h3-7H,2,8H2,1H3;. The van der Waals surface area contributed by atoms with Gasteiger partial charge in [0.2, 0.25) is 0 Å². The van der Waals surface area contributed by atoms with Crippen LogP contribution in [0.2, 0.25) is 0 Å². The van der Waals surface area contributed by atoms with Gasteiger partial charge in [-0.1, -0.05) is 25.1 Å². The molecule has 0 aromatic heterocycles. The number of hydrogen-bond donors (Lipinski definition) is 0. The number of rotatable bonds is 4. The smallest absolute Gasteiger partial charge is 0.266 e. The Morgan fingerprint density at radius 2 is 1.79 bits per heavy atom. The number of benzene rings is 1. The summed E-state index contributed by atoms with van der Waals surface area (Å²) in [6.45, 7) is 2.09. The van der Waals surface area contributed by atoms with Crippen LogP contribution in [0.25, 0.3) is 0 Å². The molecule has 1 aromatic rings. The van der Waals surface area contributed by atoms with Gasteiger partial charge in [-0.3, -0.25) is 4.18 Å². The summed E-state index contributed by atoms with van der Waals surface area (Å²) in [6, 6.07) is 8.14. The van der Waals surface area contributed by atoms with E-state index >= 15 is 0 Å². The van der Waals surface area contributed by atoms with Crippen LogP contribution in [0.3, 0.4) is 0 Å². The zero-order chi connectivity index (χ0) is 9.73. The monoisotopic (exact) mass is 207 g/mol. The van der Waals surface area contributed by atoms with Gasteiger partial charge in [0, 0.05) is 18.9 Å². The molecule has 0 aliphatic heterocycles. The SMILES string of the molecule is CCCOS(=O)(=O)c1ccccc1.[Li]. The van der Waals surface area contributed by atoms with Crippen molar-refractivity contribution in [2.45, 2.75) is 18.2 Å². The van der Waals surface area contributed by atoms with Crippen molar-refractivity contribution in [1.82, 2.24) is 0 Å². The molecule has 0 spiro atoms. The van der Waals surface area contributed by atoms with Gasteiger partial charge in [-0.2, -0.15) is 8.42 Å². The summed E-state index contributed by atoms with van der Waals surface area (Å²) >= 11 is 0. The zero-order valence-electron chi connectivity index (χ0n) is 8.43. The molecule has 0 aliphatic rings. The Morgan fingerprint density at radius 1 is 1.21 bits per heavy atom. The maximum Gasteiger partial charge on any atom is 0.296 e. The molecule has 0 amide bonds. The van der Waals surface area contributed by atoms with Gasteiger partial charge in [0.25, 0.3) is 10.1 Å². The molecule has 5 heteroatoms. The van der Waals surface area contributed by atoms with Crippen molar-refractivity contribution >= 4 is 29.0 Å². The van der Waals surface area contributed by atoms with E-state index in [4.69, 9.17) is 4.18 Å². The minimum absolute atomic E-state index is 0. The van der Waals surface area contributed by atoms with Gasteiger partial charge in [0.1, 0.15) is 0 Å². The molecule has 0 saturated heterocycles. The van der Waals surface area contributed by atoms with Crippen molar-refractivity contribution < 1.29 is 12.6 Å². The Bertz CT molecular complexity index is 348. The minimum atomic E-state index is -3.52. The minimum Gasteiger partial charge on any atom is -0.266 e. The summed E-state index contributed by atoms with van der Waals surface area (Å²) < 4.78 is 27.5. The van der Waals surface area contributed by atoms with Crippen molar-refractivity contribution in [2.75, 3.05) is 6.61 Å². The topological polar surface area (TPSA) is 43.4 Å². The van der Waals surface area contributed by atoms with Crippen LogP contribution < -0.4 is 0 Å². The summed E-state index contributed by atoms with van der Waals surface area (Å²) in [5.41, 5.74) is 0. The molecule has 0 fully saturated rings. The van der Waals surface area contributed by atoms with E-state index in [2.05, 4.69) is 0 Å². The van der Waals surface area contributed by atoms with Gasteiger partial charge in [0.05, 0.1) is 11.5 Å². The van der Waals surface area contributed by atoms with Crippen LogP contribution in [-0.4, -0.2) is 33.9 Å². The quantitative estimate of drug-likeness (QED) is 0.554. The first kappa shape index (κ1) is 13.7. The van der Waals surface area contributed by atoms with Crippen LogP contribution in [0, 0.1) is 0 Å². The molecule has 0 bridgehead atoms. The zero-order valence-corrected chi connectivity index (χ0v) is 9.25. The van der Waals surface area contributed by atoms with E-state index in [1.807, 2.05) is 6.92 Å². The molecular formula is C9H12LiO3S. The Labute approximate surface area is 96.8 Å². The third-order valence-corrected chi connectivity index (χ3v) is 2.80. The van der Waals surface area contributed by atoms with Crippen LogP contribution in [0.1, 0.15) is 13.3 Å². The van der Waals surface area contributed by atoms with E-state index in [0.717, 1.165) is 0 Å². The molecular weight excluding hydrogens is 195 g/mol.